The maximum atomic E-state index is 13.7. The van der Waals surface area contributed by atoms with Gasteiger partial charge in [-0.1, -0.05) is 24.3 Å². The number of aryl methyl sites for hydroxylation is 2. The minimum atomic E-state index is -0.757. The summed E-state index contributed by atoms with van der Waals surface area (Å²) < 4.78 is 6.44. The number of carbonyl (C=O) groups excluding carboxylic acids is 1. The number of phenolic OH excluding ortho intramolecular Hbond substituents is 2. The van der Waals surface area contributed by atoms with E-state index < -0.39 is 17.4 Å². The second kappa shape index (κ2) is 9.89. The third kappa shape index (κ3) is 4.82. The Morgan fingerprint density at radius 2 is 1.80 bits per heavy atom. The fourth-order valence-corrected chi connectivity index (χ4v) is 4.38. The van der Waals surface area contributed by atoms with Crippen molar-refractivity contribution in [3.05, 3.63) is 93.5 Å². The molecule has 0 aliphatic carbocycles. The lowest BCUT2D eigenvalue weighted by Crippen LogP contribution is -2.29. The van der Waals surface area contributed by atoms with E-state index in [2.05, 4.69) is 4.98 Å². The Labute approximate surface area is 201 Å². The van der Waals surface area contributed by atoms with E-state index in [0.717, 1.165) is 10.9 Å². The van der Waals surface area contributed by atoms with Crippen LogP contribution in [0.2, 0.25) is 0 Å². The van der Waals surface area contributed by atoms with Crippen LogP contribution in [0, 0.1) is 6.92 Å². The van der Waals surface area contributed by atoms with E-state index in [1.807, 2.05) is 24.3 Å². The lowest BCUT2D eigenvalue weighted by atomic mass is 9.86. The highest BCUT2D eigenvalue weighted by Crippen LogP contribution is 2.36. The number of hydrogen-bond acceptors (Lipinski definition) is 7. The molecule has 0 bridgehead atoms. The minimum absolute atomic E-state index is 0.103. The van der Waals surface area contributed by atoms with Gasteiger partial charge in [0.2, 0.25) is 0 Å². The number of nitrogens with zero attached hydrogens (tertiary/aromatic N) is 2. The molecule has 0 aliphatic rings. The van der Waals surface area contributed by atoms with Gasteiger partial charge in [0, 0.05) is 29.7 Å². The molecule has 4 rings (SSSR count). The molecule has 2 aromatic heterocycles. The fourth-order valence-electron chi connectivity index (χ4n) is 4.38. The third-order valence-electron chi connectivity index (χ3n) is 6.19. The summed E-state index contributed by atoms with van der Waals surface area (Å²) in [6.07, 6.45) is 1.88. The number of phenols is 2. The van der Waals surface area contributed by atoms with Gasteiger partial charge < -0.3 is 24.6 Å². The normalized spacial score (nSPS) is 11.9. The Kier molecular flexibility index (Phi) is 6.73. The number of pyridine rings is 2. The zero-order valence-corrected chi connectivity index (χ0v) is 19.4. The summed E-state index contributed by atoms with van der Waals surface area (Å²) in [4.78, 5) is 30.5. The van der Waals surface area contributed by atoms with Crippen molar-refractivity contribution >= 4 is 16.9 Å². The molecular formula is C27H26N2O6. The van der Waals surface area contributed by atoms with Gasteiger partial charge in [-0.3, -0.25) is 14.6 Å². The number of ether oxygens (including phenoxy) is 1. The van der Waals surface area contributed by atoms with Gasteiger partial charge in [-0.05, 0) is 54.8 Å². The van der Waals surface area contributed by atoms with Crippen LogP contribution in [0.25, 0.3) is 10.9 Å². The molecule has 35 heavy (non-hydrogen) atoms. The van der Waals surface area contributed by atoms with Gasteiger partial charge in [0.15, 0.2) is 11.5 Å². The number of fused-ring (bicyclic) bond motifs is 1. The molecule has 0 amide bonds. The van der Waals surface area contributed by atoms with Crippen molar-refractivity contribution < 1.29 is 24.9 Å². The molecule has 1 atom stereocenters. The van der Waals surface area contributed by atoms with E-state index >= 15 is 0 Å². The molecular weight excluding hydrogens is 448 g/mol. The van der Waals surface area contributed by atoms with Crippen LogP contribution in [0.5, 0.6) is 17.2 Å². The van der Waals surface area contributed by atoms with Crippen molar-refractivity contribution in [3.63, 3.8) is 0 Å². The van der Waals surface area contributed by atoms with Crippen LogP contribution in [0.15, 0.2) is 65.6 Å². The van der Waals surface area contributed by atoms with Crippen molar-refractivity contribution in [1.82, 2.24) is 9.55 Å². The lowest BCUT2D eigenvalue weighted by Gasteiger charge is -2.21. The SMILES string of the molecule is COC(=O)C[C@@H](c1c(O)cc(C)n(CCc2ccc(O)c(O)c2)c1=O)c1ccnc2ccccc12. The number of benzene rings is 2. The number of methoxy groups -OCH3 is 1. The highest BCUT2D eigenvalue weighted by Gasteiger charge is 2.28. The molecule has 0 spiro atoms. The molecule has 4 aromatic rings. The molecule has 3 N–H and O–H groups in total. The Morgan fingerprint density at radius 3 is 2.54 bits per heavy atom. The Hall–Kier alpha value is -4.33. The van der Waals surface area contributed by atoms with E-state index in [9.17, 15) is 24.9 Å². The van der Waals surface area contributed by atoms with E-state index in [1.54, 1.807) is 25.3 Å². The first kappa shape index (κ1) is 23.8. The molecule has 8 nitrogen and oxygen atoms in total. The van der Waals surface area contributed by atoms with Gasteiger partial charge in [0.25, 0.3) is 5.56 Å². The van der Waals surface area contributed by atoms with Gasteiger partial charge in [-0.2, -0.15) is 0 Å². The number of aromatic hydroxyl groups is 3. The van der Waals surface area contributed by atoms with Gasteiger partial charge >= 0.3 is 5.97 Å². The molecule has 8 heteroatoms. The largest absolute Gasteiger partial charge is 0.507 e. The summed E-state index contributed by atoms with van der Waals surface area (Å²) in [5.74, 6) is -1.92. The third-order valence-corrected chi connectivity index (χ3v) is 6.19. The van der Waals surface area contributed by atoms with Crippen molar-refractivity contribution in [1.29, 1.82) is 0 Å². The molecule has 0 radical (unpaired) electrons. The summed E-state index contributed by atoms with van der Waals surface area (Å²) in [7, 11) is 1.28. The number of carbonyl (C=O) groups is 1. The quantitative estimate of drug-likeness (QED) is 0.275. The molecule has 2 aromatic carbocycles. The highest BCUT2D eigenvalue weighted by molar-refractivity contribution is 5.84. The monoisotopic (exact) mass is 474 g/mol. The van der Waals surface area contributed by atoms with Gasteiger partial charge in [-0.15, -0.1) is 0 Å². The summed E-state index contributed by atoms with van der Waals surface area (Å²) >= 11 is 0. The zero-order chi connectivity index (χ0) is 25.1. The summed E-state index contributed by atoms with van der Waals surface area (Å²) in [5.41, 5.74) is 2.36. The predicted molar refractivity (Wildman–Crippen MR) is 131 cm³/mol. The minimum Gasteiger partial charge on any atom is -0.507 e. The number of esters is 1. The molecule has 2 heterocycles. The van der Waals surface area contributed by atoms with Crippen molar-refractivity contribution in [3.8, 4) is 17.2 Å². The number of aromatic nitrogens is 2. The average Bonchev–Trinajstić information content (AvgIpc) is 2.84. The number of para-hydroxylation sites is 1. The topological polar surface area (TPSA) is 122 Å². The molecule has 0 saturated carbocycles. The van der Waals surface area contributed by atoms with Crippen LogP contribution < -0.4 is 5.56 Å². The van der Waals surface area contributed by atoms with Crippen LogP contribution >= 0.6 is 0 Å². The number of hydrogen-bond donors (Lipinski definition) is 3. The van der Waals surface area contributed by atoms with Crippen LogP contribution in [0.1, 0.15) is 34.7 Å². The van der Waals surface area contributed by atoms with Gasteiger partial charge in [0.05, 0.1) is 24.6 Å². The summed E-state index contributed by atoms with van der Waals surface area (Å²) in [5, 5.41) is 31.0. The van der Waals surface area contributed by atoms with Crippen LogP contribution in [0.4, 0.5) is 0 Å². The Morgan fingerprint density at radius 1 is 1.03 bits per heavy atom. The maximum Gasteiger partial charge on any atom is 0.306 e. The molecule has 0 unspecified atom stereocenters. The van der Waals surface area contributed by atoms with E-state index in [-0.39, 0.29) is 35.8 Å². The second-order valence-corrected chi connectivity index (χ2v) is 8.36. The van der Waals surface area contributed by atoms with Gasteiger partial charge in [0.1, 0.15) is 5.75 Å². The number of rotatable bonds is 7. The first-order chi connectivity index (χ1) is 16.8. The van der Waals surface area contributed by atoms with Crippen molar-refractivity contribution in [2.24, 2.45) is 0 Å². The molecule has 0 saturated heterocycles. The van der Waals surface area contributed by atoms with Crippen molar-refractivity contribution in [2.75, 3.05) is 7.11 Å². The first-order valence-electron chi connectivity index (χ1n) is 11.1. The second-order valence-electron chi connectivity index (χ2n) is 8.36. The smallest absolute Gasteiger partial charge is 0.306 e. The first-order valence-corrected chi connectivity index (χ1v) is 11.1. The molecule has 180 valence electrons. The zero-order valence-electron chi connectivity index (χ0n) is 19.4. The Bertz CT molecular complexity index is 1460. The van der Waals surface area contributed by atoms with Crippen LogP contribution in [-0.4, -0.2) is 37.9 Å². The molecule has 0 fully saturated rings. The van der Waals surface area contributed by atoms with Crippen molar-refractivity contribution in [2.45, 2.75) is 32.2 Å². The van der Waals surface area contributed by atoms with E-state index in [1.165, 1.54) is 29.9 Å². The van der Waals surface area contributed by atoms with Crippen LogP contribution in [-0.2, 0) is 22.5 Å². The highest BCUT2D eigenvalue weighted by atomic mass is 16.5. The summed E-state index contributed by atoms with van der Waals surface area (Å²) in [6, 6.07) is 15.2. The Balaban J connectivity index is 1.82. The lowest BCUT2D eigenvalue weighted by molar-refractivity contribution is -0.140. The summed E-state index contributed by atoms with van der Waals surface area (Å²) in [6.45, 7) is 1.99. The van der Waals surface area contributed by atoms with Gasteiger partial charge in [-0.25, -0.2) is 0 Å². The molecule has 0 aliphatic heterocycles. The van der Waals surface area contributed by atoms with Crippen LogP contribution in [0.3, 0.4) is 0 Å². The average molecular weight is 475 g/mol. The van der Waals surface area contributed by atoms with E-state index in [0.29, 0.717) is 23.2 Å². The van der Waals surface area contributed by atoms with E-state index in [4.69, 9.17) is 4.74 Å². The standard InChI is InChI=1S/C27H26N2O6/c1-16-13-24(32)26(27(34)29(16)12-10-17-7-8-22(30)23(31)14-17)20(15-25(33)35-2)18-9-11-28-21-6-4-3-5-19(18)21/h3-9,11,13-14,20,30-32H,10,12,15H2,1-2H3/t20-/m1/s1. The predicted octanol–water partition coefficient (Wildman–Crippen LogP) is 3.76. The maximum absolute atomic E-state index is 13.7. The fraction of sp³-hybridized carbons (Fsp3) is 0.222.